The van der Waals surface area contributed by atoms with Crippen LogP contribution in [0.3, 0.4) is 0 Å². The highest BCUT2D eigenvalue weighted by Gasteiger charge is 2.57. The quantitative estimate of drug-likeness (QED) is 0.544. The van der Waals surface area contributed by atoms with E-state index in [9.17, 15) is 4.79 Å². The molecule has 3 heterocycles. The molecule has 30 heavy (non-hydrogen) atoms. The average molecular weight is 493 g/mol. The van der Waals surface area contributed by atoms with Gasteiger partial charge in [0.05, 0.1) is 10.4 Å². The second kappa shape index (κ2) is 7.10. The minimum atomic E-state index is -0.00873. The Hall–Kier alpha value is -0.810. The Morgan fingerprint density at radius 2 is 1.77 bits per heavy atom. The van der Waals surface area contributed by atoms with E-state index in [-0.39, 0.29) is 10.8 Å². The zero-order valence-electron chi connectivity index (χ0n) is 17.6. The first-order valence-electron chi connectivity index (χ1n) is 11.8. The molecule has 4 saturated carbocycles. The lowest BCUT2D eigenvalue weighted by Gasteiger charge is -2.56. The number of anilines is 1. The summed E-state index contributed by atoms with van der Waals surface area (Å²) in [6.07, 6.45) is 13.0. The van der Waals surface area contributed by atoms with Gasteiger partial charge in [-0.25, -0.2) is 4.98 Å². The third-order valence-electron chi connectivity index (χ3n) is 8.97. The molecule has 4 bridgehead atoms. The van der Waals surface area contributed by atoms with Gasteiger partial charge in [0.1, 0.15) is 5.82 Å². The van der Waals surface area contributed by atoms with Crippen molar-refractivity contribution in [1.29, 1.82) is 0 Å². The number of carbonyl (C=O) groups excluding carboxylic acids is 1. The molecule has 2 saturated heterocycles. The van der Waals surface area contributed by atoms with Gasteiger partial charge >= 0.3 is 0 Å². The third-order valence-corrected chi connectivity index (χ3v) is 9.68. The van der Waals surface area contributed by atoms with Crippen LogP contribution < -0.4 is 4.90 Å². The molecule has 0 radical (unpaired) electrons. The van der Waals surface area contributed by atoms with Crippen molar-refractivity contribution in [2.45, 2.75) is 57.8 Å². The summed E-state index contributed by atoms with van der Waals surface area (Å²) in [6, 6.07) is 1.93. The maximum absolute atomic E-state index is 13.8. The van der Waals surface area contributed by atoms with Crippen molar-refractivity contribution < 1.29 is 4.79 Å². The van der Waals surface area contributed by atoms with Gasteiger partial charge in [-0.05, 0) is 97.5 Å². The maximum atomic E-state index is 13.8. The molecular formula is C24H31BrClN3O. The van der Waals surface area contributed by atoms with Crippen LogP contribution >= 0.6 is 27.5 Å². The van der Waals surface area contributed by atoms with Crippen LogP contribution in [-0.2, 0) is 4.79 Å². The fourth-order valence-corrected chi connectivity index (χ4v) is 8.93. The van der Waals surface area contributed by atoms with E-state index >= 15 is 0 Å². The normalized spacial score (nSPS) is 39.9. The summed E-state index contributed by atoms with van der Waals surface area (Å²) in [5, 5.41) is 0.709. The molecule has 2 aliphatic heterocycles. The van der Waals surface area contributed by atoms with Crippen molar-refractivity contribution in [3.63, 3.8) is 0 Å². The standard InChI is InChI=1S/C24H31BrClN3O/c25-19-9-20(26)21(27-13-19)28-4-1-2-23(14-28)3-5-29(15-23)22(30)24-10-16-6-17(11-24)8-18(7-16)12-24/h9,13,16-18H,1-8,10-12,14-15H2. The molecule has 6 aliphatic rings. The number of halogens is 2. The van der Waals surface area contributed by atoms with Crippen LogP contribution in [0.5, 0.6) is 0 Å². The van der Waals surface area contributed by atoms with E-state index in [0.29, 0.717) is 10.9 Å². The van der Waals surface area contributed by atoms with E-state index in [4.69, 9.17) is 11.6 Å². The van der Waals surface area contributed by atoms with Crippen LogP contribution in [0.25, 0.3) is 0 Å². The molecule has 1 unspecified atom stereocenters. The zero-order chi connectivity index (χ0) is 20.5. The summed E-state index contributed by atoms with van der Waals surface area (Å²) in [5.74, 6) is 3.88. The highest BCUT2D eigenvalue weighted by molar-refractivity contribution is 9.10. The molecule has 4 aliphatic carbocycles. The summed E-state index contributed by atoms with van der Waals surface area (Å²) < 4.78 is 0.913. The molecule has 0 N–H and O–H groups in total. The van der Waals surface area contributed by atoms with Crippen LogP contribution in [0.2, 0.25) is 5.02 Å². The van der Waals surface area contributed by atoms with Gasteiger partial charge in [-0.2, -0.15) is 0 Å². The SMILES string of the molecule is O=C(N1CCC2(CCCN(c3ncc(Br)cc3Cl)C2)C1)C12CC3CC(CC(C3)C1)C2. The van der Waals surface area contributed by atoms with E-state index in [2.05, 4.69) is 30.7 Å². The van der Waals surface area contributed by atoms with Crippen molar-refractivity contribution in [3.05, 3.63) is 21.8 Å². The molecule has 6 heteroatoms. The van der Waals surface area contributed by atoms with Crippen LogP contribution in [-0.4, -0.2) is 42.0 Å². The fourth-order valence-electron chi connectivity index (χ4n) is 8.18. The minimum Gasteiger partial charge on any atom is -0.355 e. The van der Waals surface area contributed by atoms with Gasteiger partial charge in [0.15, 0.2) is 0 Å². The van der Waals surface area contributed by atoms with Crippen LogP contribution in [0.1, 0.15) is 57.8 Å². The number of hydrogen-bond acceptors (Lipinski definition) is 3. The van der Waals surface area contributed by atoms with Gasteiger partial charge in [-0.1, -0.05) is 11.6 Å². The minimum absolute atomic E-state index is 0.00873. The number of nitrogens with zero attached hydrogens (tertiary/aromatic N) is 3. The summed E-state index contributed by atoms with van der Waals surface area (Å²) in [4.78, 5) is 23.1. The molecule has 1 amide bonds. The third kappa shape index (κ3) is 3.21. The lowest BCUT2D eigenvalue weighted by molar-refractivity contribution is -0.157. The molecule has 6 fully saturated rings. The lowest BCUT2D eigenvalue weighted by atomic mass is 9.49. The number of pyridine rings is 1. The number of likely N-dealkylation sites (tertiary alicyclic amines) is 1. The Bertz CT molecular complexity index is 841. The predicted molar refractivity (Wildman–Crippen MR) is 123 cm³/mol. The van der Waals surface area contributed by atoms with Gasteiger partial charge in [0.2, 0.25) is 5.91 Å². The van der Waals surface area contributed by atoms with Gasteiger partial charge in [-0.15, -0.1) is 0 Å². The summed E-state index contributed by atoms with van der Waals surface area (Å²) in [7, 11) is 0. The maximum Gasteiger partial charge on any atom is 0.228 e. The van der Waals surface area contributed by atoms with Crippen molar-refractivity contribution in [2.75, 3.05) is 31.1 Å². The van der Waals surface area contributed by atoms with E-state index in [1.165, 1.54) is 44.9 Å². The number of piperidine rings is 1. The number of rotatable bonds is 2. The van der Waals surface area contributed by atoms with E-state index < -0.39 is 0 Å². The Balaban J connectivity index is 1.19. The smallest absolute Gasteiger partial charge is 0.228 e. The first-order chi connectivity index (χ1) is 14.4. The summed E-state index contributed by atoms with van der Waals surface area (Å²) in [5.41, 5.74) is 0.194. The van der Waals surface area contributed by atoms with E-state index in [0.717, 1.165) is 67.1 Å². The van der Waals surface area contributed by atoms with Gasteiger partial charge in [0, 0.05) is 42.3 Å². The van der Waals surface area contributed by atoms with Crippen LogP contribution in [0.15, 0.2) is 16.7 Å². The first kappa shape index (κ1) is 19.8. The Morgan fingerprint density at radius 3 is 2.43 bits per heavy atom. The second-order valence-electron chi connectivity index (χ2n) is 11.2. The number of amides is 1. The topological polar surface area (TPSA) is 36.4 Å². The Kier molecular flexibility index (Phi) is 4.69. The van der Waals surface area contributed by atoms with Gasteiger partial charge < -0.3 is 9.80 Å². The molecule has 162 valence electrons. The summed E-state index contributed by atoms with van der Waals surface area (Å²) >= 11 is 9.97. The predicted octanol–water partition coefficient (Wildman–Crippen LogP) is 5.53. The van der Waals surface area contributed by atoms with Crippen molar-refractivity contribution in [3.8, 4) is 0 Å². The van der Waals surface area contributed by atoms with E-state index in [1.54, 1.807) is 0 Å². The number of hydrogen-bond donors (Lipinski definition) is 0. The molecule has 0 aromatic carbocycles. The van der Waals surface area contributed by atoms with Crippen LogP contribution in [0, 0.1) is 28.6 Å². The number of carbonyl (C=O) groups is 1. The van der Waals surface area contributed by atoms with Crippen LogP contribution in [0.4, 0.5) is 5.82 Å². The summed E-state index contributed by atoms with van der Waals surface area (Å²) in [6.45, 7) is 3.83. The molecule has 1 spiro atoms. The fraction of sp³-hybridized carbons (Fsp3) is 0.750. The second-order valence-corrected chi connectivity index (χ2v) is 12.5. The molecule has 1 atom stereocenters. The lowest BCUT2D eigenvalue weighted by Crippen LogP contribution is -2.55. The highest BCUT2D eigenvalue weighted by Crippen LogP contribution is 2.61. The monoisotopic (exact) mass is 491 g/mol. The largest absolute Gasteiger partial charge is 0.355 e. The Labute approximate surface area is 192 Å². The molecule has 1 aromatic heterocycles. The zero-order valence-corrected chi connectivity index (χ0v) is 19.9. The molecular weight excluding hydrogens is 462 g/mol. The molecule has 4 nitrogen and oxygen atoms in total. The first-order valence-corrected chi connectivity index (χ1v) is 13.0. The van der Waals surface area contributed by atoms with Gasteiger partial charge in [0.25, 0.3) is 0 Å². The van der Waals surface area contributed by atoms with Gasteiger partial charge in [-0.3, -0.25) is 4.79 Å². The average Bonchev–Trinajstić information content (AvgIpc) is 3.09. The van der Waals surface area contributed by atoms with Crippen molar-refractivity contribution >= 4 is 39.3 Å². The van der Waals surface area contributed by atoms with Crippen molar-refractivity contribution in [2.24, 2.45) is 28.6 Å². The van der Waals surface area contributed by atoms with Crippen molar-refractivity contribution in [1.82, 2.24) is 9.88 Å². The highest BCUT2D eigenvalue weighted by atomic mass is 79.9. The molecule has 7 rings (SSSR count). The Morgan fingerprint density at radius 1 is 1.07 bits per heavy atom. The van der Waals surface area contributed by atoms with E-state index in [1.807, 2.05) is 12.3 Å². The molecule has 1 aromatic rings. The number of aromatic nitrogens is 1.